The Morgan fingerprint density at radius 1 is 0.917 bits per heavy atom. The van der Waals surface area contributed by atoms with Crippen molar-refractivity contribution in [3.63, 3.8) is 0 Å². The minimum atomic E-state index is -0.363. The van der Waals surface area contributed by atoms with Gasteiger partial charge in [0.1, 0.15) is 0 Å². The molecule has 0 heterocycles. The summed E-state index contributed by atoms with van der Waals surface area (Å²) in [6.07, 6.45) is 7.30. The van der Waals surface area contributed by atoms with Gasteiger partial charge in [0.2, 0.25) is 0 Å². The molecule has 0 unspecified atom stereocenters. The van der Waals surface area contributed by atoms with Crippen molar-refractivity contribution < 1.29 is 9.59 Å². The second-order valence-electron chi connectivity index (χ2n) is 9.65. The molecule has 0 aromatic rings. The third-order valence-corrected chi connectivity index (χ3v) is 6.07. The molecule has 4 fully saturated rings. The zero-order chi connectivity index (χ0) is 17.5. The molecule has 0 aliphatic heterocycles. The van der Waals surface area contributed by atoms with Gasteiger partial charge >= 0.3 is 11.8 Å². The van der Waals surface area contributed by atoms with Gasteiger partial charge in [-0.3, -0.25) is 9.59 Å². The van der Waals surface area contributed by atoms with E-state index in [-0.39, 0.29) is 17.4 Å². The van der Waals surface area contributed by atoms with Crippen LogP contribution in [0.2, 0.25) is 0 Å². The summed E-state index contributed by atoms with van der Waals surface area (Å²) < 4.78 is 0. The van der Waals surface area contributed by atoms with E-state index in [2.05, 4.69) is 33.0 Å². The van der Waals surface area contributed by atoms with Crippen molar-refractivity contribution in [2.75, 3.05) is 13.1 Å². The average molecular weight is 335 g/mol. The van der Waals surface area contributed by atoms with Crippen LogP contribution in [0.5, 0.6) is 0 Å². The number of carbonyl (C=O) groups is 2. The van der Waals surface area contributed by atoms with Gasteiger partial charge in [0.15, 0.2) is 0 Å². The van der Waals surface area contributed by atoms with Crippen LogP contribution < -0.4 is 5.32 Å². The van der Waals surface area contributed by atoms with Gasteiger partial charge in [0.25, 0.3) is 0 Å². The Morgan fingerprint density at radius 2 is 1.33 bits per heavy atom. The first kappa shape index (κ1) is 17.8. The van der Waals surface area contributed by atoms with E-state index in [4.69, 9.17) is 0 Å². The Kier molecular flexibility index (Phi) is 4.94. The Morgan fingerprint density at radius 3 is 1.71 bits per heavy atom. The highest BCUT2D eigenvalue weighted by Gasteiger charge is 2.52. The van der Waals surface area contributed by atoms with Gasteiger partial charge < -0.3 is 10.2 Å². The van der Waals surface area contributed by atoms with Crippen LogP contribution in [0.3, 0.4) is 0 Å². The zero-order valence-electron chi connectivity index (χ0n) is 15.8. The molecule has 4 aliphatic carbocycles. The van der Waals surface area contributed by atoms with Gasteiger partial charge in [-0.25, -0.2) is 0 Å². The fourth-order valence-corrected chi connectivity index (χ4v) is 5.82. The van der Waals surface area contributed by atoms with Crippen LogP contribution >= 0.6 is 0 Å². The molecule has 4 heteroatoms. The standard InChI is InChI=1S/C20H34N2O2/c1-13(2)11-22(12-14(3)4)19(24)18(23)21-20-8-15-5-16(9-20)7-17(6-15)10-20/h13-17H,5-12H2,1-4H3,(H,21,23). The Labute approximate surface area is 146 Å². The lowest BCUT2D eigenvalue weighted by atomic mass is 9.53. The molecule has 1 N–H and O–H groups in total. The van der Waals surface area contributed by atoms with Crippen molar-refractivity contribution in [3.05, 3.63) is 0 Å². The largest absolute Gasteiger partial charge is 0.342 e. The molecule has 0 aromatic heterocycles. The summed E-state index contributed by atoms with van der Waals surface area (Å²) in [5.74, 6) is 2.38. The highest BCUT2D eigenvalue weighted by molar-refractivity contribution is 6.35. The Bertz CT molecular complexity index is 453. The van der Waals surface area contributed by atoms with E-state index < -0.39 is 0 Å². The van der Waals surface area contributed by atoms with Crippen molar-refractivity contribution in [2.45, 2.75) is 71.8 Å². The number of carbonyl (C=O) groups excluding carboxylic acids is 2. The van der Waals surface area contributed by atoms with Crippen LogP contribution in [0.1, 0.15) is 66.2 Å². The van der Waals surface area contributed by atoms with Crippen molar-refractivity contribution in [1.82, 2.24) is 10.2 Å². The second kappa shape index (κ2) is 6.68. The Hall–Kier alpha value is -1.06. The summed E-state index contributed by atoms with van der Waals surface area (Å²) in [6.45, 7) is 9.70. The van der Waals surface area contributed by atoms with Crippen molar-refractivity contribution in [3.8, 4) is 0 Å². The van der Waals surface area contributed by atoms with Gasteiger partial charge in [-0.15, -0.1) is 0 Å². The SMILES string of the molecule is CC(C)CN(CC(C)C)C(=O)C(=O)NC12CC3CC(CC(C3)C1)C2. The van der Waals surface area contributed by atoms with E-state index in [1.165, 1.54) is 19.3 Å². The zero-order valence-corrected chi connectivity index (χ0v) is 15.8. The number of hydrogen-bond donors (Lipinski definition) is 1. The normalized spacial score (nSPS) is 34.0. The minimum Gasteiger partial charge on any atom is -0.342 e. The number of hydrogen-bond acceptors (Lipinski definition) is 2. The molecule has 24 heavy (non-hydrogen) atoms. The summed E-state index contributed by atoms with van der Waals surface area (Å²) in [4.78, 5) is 27.2. The average Bonchev–Trinajstić information content (AvgIpc) is 2.42. The lowest BCUT2D eigenvalue weighted by molar-refractivity contribution is -0.149. The van der Waals surface area contributed by atoms with Crippen LogP contribution in [0.4, 0.5) is 0 Å². The van der Waals surface area contributed by atoms with Crippen molar-refractivity contribution in [2.24, 2.45) is 29.6 Å². The second-order valence-corrected chi connectivity index (χ2v) is 9.65. The molecule has 0 spiro atoms. The molecule has 0 atom stereocenters. The summed E-state index contributed by atoms with van der Waals surface area (Å²) in [6, 6.07) is 0. The highest BCUT2D eigenvalue weighted by Crippen LogP contribution is 2.55. The first-order valence-corrected chi connectivity index (χ1v) is 9.88. The van der Waals surface area contributed by atoms with E-state index >= 15 is 0 Å². The van der Waals surface area contributed by atoms with Crippen molar-refractivity contribution in [1.29, 1.82) is 0 Å². The molecule has 0 saturated heterocycles. The van der Waals surface area contributed by atoms with E-state index in [0.717, 1.165) is 37.0 Å². The molecular formula is C20H34N2O2. The first-order valence-electron chi connectivity index (χ1n) is 9.88. The number of nitrogens with one attached hydrogen (secondary N) is 1. The maximum Gasteiger partial charge on any atom is 0.311 e. The van der Waals surface area contributed by atoms with E-state index in [1.54, 1.807) is 4.90 Å². The van der Waals surface area contributed by atoms with Crippen LogP contribution in [-0.2, 0) is 9.59 Å². The van der Waals surface area contributed by atoms with Crippen LogP contribution in [0.25, 0.3) is 0 Å². The van der Waals surface area contributed by atoms with Gasteiger partial charge in [0.05, 0.1) is 0 Å². The Balaban J connectivity index is 1.65. The third-order valence-electron chi connectivity index (χ3n) is 6.07. The molecule has 4 saturated carbocycles. The maximum atomic E-state index is 12.8. The number of rotatable bonds is 5. The van der Waals surface area contributed by atoms with E-state index in [0.29, 0.717) is 24.9 Å². The summed E-state index contributed by atoms with van der Waals surface area (Å²) in [5, 5.41) is 3.22. The summed E-state index contributed by atoms with van der Waals surface area (Å²) in [7, 11) is 0. The molecule has 0 radical (unpaired) electrons. The lowest BCUT2D eigenvalue weighted by Gasteiger charge is -2.56. The molecule has 4 nitrogen and oxygen atoms in total. The minimum absolute atomic E-state index is 0.0805. The molecule has 4 aliphatic rings. The fraction of sp³-hybridized carbons (Fsp3) is 0.900. The maximum absolute atomic E-state index is 12.8. The molecule has 2 amide bonds. The highest BCUT2D eigenvalue weighted by atomic mass is 16.2. The molecule has 136 valence electrons. The van der Waals surface area contributed by atoms with Crippen LogP contribution in [-0.4, -0.2) is 35.3 Å². The van der Waals surface area contributed by atoms with E-state index in [1.807, 2.05) is 0 Å². The fourth-order valence-electron chi connectivity index (χ4n) is 5.82. The molecule has 4 bridgehead atoms. The van der Waals surface area contributed by atoms with Crippen LogP contribution in [0.15, 0.2) is 0 Å². The lowest BCUT2D eigenvalue weighted by Crippen LogP contribution is -2.62. The third kappa shape index (κ3) is 3.78. The quantitative estimate of drug-likeness (QED) is 0.785. The monoisotopic (exact) mass is 334 g/mol. The van der Waals surface area contributed by atoms with Gasteiger partial charge in [0, 0.05) is 18.6 Å². The number of amides is 2. The van der Waals surface area contributed by atoms with Crippen LogP contribution in [0, 0.1) is 29.6 Å². The molecule has 0 aromatic carbocycles. The molecular weight excluding hydrogens is 300 g/mol. The van der Waals surface area contributed by atoms with Gasteiger partial charge in [-0.2, -0.15) is 0 Å². The smallest absolute Gasteiger partial charge is 0.311 e. The van der Waals surface area contributed by atoms with Crippen molar-refractivity contribution >= 4 is 11.8 Å². The summed E-state index contributed by atoms with van der Waals surface area (Å²) >= 11 is 0. The summed E-state index contributed by atoms with van der Waals surface area (Å²) in [5.41, 5.74) is -0.0805. The van der Waals surface area contributed by atoms with Gasteiger partial charge in [-0.1, -0.05) is 27.7 Å². The van der Waals surface area contributed by atoms with Gasteiger partial charge in [-0.05, 0) is 68.1 Å². The number of nitrogens with zero attached hydrogens (tertiary/aromatic N) is 1. The first-order chi connectivity index (χ1) is 11.3. The van der Waals surface area contributed by atoms with E-state index in [9.17, 15) is 9.59 Å². The topological polar surface area (TPSA) is 49.4 Å². The molecule has 4 rings (SSSR count). The predicted octanol–water partition coefficient (Wildman–Crippen LogP) is 3.21. The predicted molar refractivity (Wildman–Crippen MR) is 95.3 cm³/mol.